The first-order chi connectivity index (χ1) is 11.5. The number of aryl methyl sites for hydroxylation is 1. The van der Waals surface area contributed by atoms with Gasteiger partial charge in [0.25, 0.3) is 0 Å². The van der Waals surface area contributed by atoms with Gasteiger partial charge in [0.1, 0.15) is 5.65 Å². The van der Waals surface area contributed by atoms with Crippen LogP contribution in [0.2, 0.25) is 0 Å². The molecule has 0 amide bonds. The smallest absolute Gasteiger partial charge is 0.159 e. The molecule has 0 aliphatic heterocycles. The van der Waals surface area contributed by atoms with Crippen molar-refractivity contribution in [2.75, 3.05) is 0 Å². The van der Waals surface area contributed by atoms with Crippen molar-refractivity contribution in [3.8, 4) is 0 Å². The van der Waals surface area contributed by atoms with Crippen LogP contribution >= 0.6 is 0 Å². The Balaban J connectivity index is 1.71. The molecule has 0 fully saturated rings. The number of nitrogens with one attached hydrogen (secondary N) is 1. The molecule has 0 aliphatic rings. The van der Waals surface area contributed by atoms with Crippen LogP contribution in [0.4, 0.5) is 8.78 Å². The molecule has 4 nitrogen and oxygen atoms in total. The lowest BCUT2D eigenvalue weighted by molar-refractivity contribution is 0.134. The van der Waals surface area contributed by atoms with Crippen LogP contribution in [0.3, 0.4) is 0 Å². The Labute approximate surface area is 138 Å². The Morgan fingerprint density at radius 2 is 2.04 bits per heavy atom. The van der Waals surface area contributed by atoms with Gasteiger partial charge in [-0.25, -0.2) is 13.8 Å². The molecule has 2 N–H and O–H groups in total. The number of imidazole rings is 1. The van der Waals surface area contributed by atoms with Crippen molar-refractivity contribution in [2.24, 2.45) is 0 Å². The van der Waals surface area contributed by atoms with Crippen molar-refractivity contribution in [2.45, 2.75) is 32.5 Å². The number of aliphatic hydroxyl groups excluding tert-OH is 1. The lowest BCUT2D eigenvalue weighted by Crippen LogP contribution is -2.32. The molecule has 0 aliphatic carbocycles. The molecule has 2 aromatic heterocycles. The quantitative estimate of drug-likeness (QED) is 0.755. The minimum Gasteiger partial charge on any atom is -0.387 e. The maximum Gasteiger partial charge on any atom is 0.159 e. The largest absolute Gasteiger partial charge is 0.387 e. The number of aliphatic hydroxyl groups is 1. The van der Waals surface area contributed by atoms with E-state index in [4.69, 9.17) is 0 Å². The first-order valence-corrected chi connectivity index (χ1v) is 7.75. The minimum absolute atomic E-state index is 0.336. The molecule has 3 aromatic rings. The van der Waals surface area contributed by atoms with Gasteiger partial charge in [0, 0.05) is 18.8 Å². The summed E-state index contributed by atoms with van der Waals surface area (Å²) >= 11 is 0. The van der Waals surface area contributed by atoms with E-state index in [0.29, 0.717) is 12.1 Å². The molecule has 0 saturated heterocycles. The van der Waals surface area contributed by atoms with Gasteiger partial charge in [0.15, 0.2) is 11.6 Å². The number of fused-ring (bicyclic) bond motifs is 1. The summed E-state index contributed by atoms with van der Waals surface area (Å²) in [4.78, 5) is 4.39. The number of rotatable bonds is 5. The van der Waals surface area contributed by atoms with Crippen LogP contribution in [0.1, 0.15) is 29.8 Å². The SMILES string of the molecule is Cc1cccn2c(CNC(C)C(O)c3ccc(F)c(F)c3)cnc12. The fourth-order valence-corrected chi connectivity index (χ4v) is 2.70. The molecule has 24 heavy (non-hydrogen) atoms. The van der Waals surface area contributed by atoms with Crippen molar-refractivity contribution in [3.63, 3.8) is 0 Å². The van der Waals surface area contributed by atoms with Gasteiger partial charge in [-0.3, -0.25) is 0 Å². The highest BCUT2D eigenvalue weighted by Crippen LogP contribution is 2.20. The topological polar surface area (TPSA) is 49.6 Å². The van der Waals surface area contributed by atoms with Gasteiger partial charge in [-0.05, 0) is 43.2 Å². The summed E-state index contributed by atoms with van der Waals surface area (Å²) < 4.78 is 28.3. The van der Waals surface area contributed by atoms with Crippen LogP contribution < -0.4 is 5.32 Å². The second-order valence-electron chi connectivity index (χ2n) is 5.92. The maximum absolute atomic E-state index is 13.3. The third-order valence-electron chi connectivity index (χ3n) is 4.17. The maximum atomic E-state index is 13.3. The molecule has 0 saturated carbocycles. The average molecular weight is 331 g/mol. The molecule has 0 spiro atoms. The van der Waals surface area contributed by atoms with Crippen LogP contribution in [0.15, 0.2) is 42.7 Å². The fourth-order valence-electron chi connectivity index (χ4n) is 2.70. The fraction of sp³-hybridized carbons (Fsp3) is 0.278. The van der Waals surface area contributed by atoms with E-state index in [1.807, 2.05) is 29.7 Å². The van der Waals surface area contributed by atoms with Crippen LogP contribution in [0.5, 0.6) is 0 Å². The molecular formula is C18H19F2N3O. The number of pyridine rings is 1. The van der Waals surface area contributed by atoms with Crippen molar-refractivity contribution >= 4 is 5.65 Å². The third-order valence-corrected chi connectivity index (χ3v) is 4.17. The lowest BCUT2D eigenvalue weighted by Gasteiger charge is -2.20. The highest BCUT2D eigenvalue weighted by molar-refractivity contribution is 5.48. The van der Waals surface area contributed by atoms with Gasteiger partial charge in [-0.15, -0.1) is 0 Å². The second-order valence-corrected chi connectivity index (χ2v) is 5.92. The Bertz CT molecular complexity index is 863. The third kappa shape index (κ3) is 3.16. The number of hydrogen-bond acceptors (Lipinski definition) is 3. The number of nitrogens with zero attached hydrogens (tertiary/aromatic N) is 2. The van der Waals surface area contributed by atoms with Gasteiger partial charge in [-0.2, -0.15) is 0 Å². The van der Waals surface area contributed by atoms with E-state index < -0.39 is 17.7 Å². The van der Waals surface area contributed by atoms with Gasteiger partial charge in [-0.1, -0.05) is 12.1 Å². The van der Waals surface area contributed by atoms with Crippen LogP contribution in [0.25, 0.3) is 5.65 Å². The molecule has 2 heterocycles. The van der Waals surface area contributed by atoms with Gasteiger partial charge >= 0.3 is 0 Å². The molecule has 2 unspecified atom stereocenters. The van der Waals surface area contributed by atoms with Gasteiger partial charge in [0.2, 0.25) is 0 Å². The van der Waals surface area contributed by atoms with E-state index in [0.717, 1.165) is 29.0 Å². The van der Waals surface area contributed by atoms with Crippen molar-refractivity contribution in [1.82, 2.24) is 14.7 Å². The molecule has 2 atom stereocenters. The summed E-state index contributed by atoms with van der Waals surface area (Å²) in [6.45, 7) is 4.28. The van der Waals surface area contributed by atoms with E-state index >= 15 is 0 Å². The van der Waals surface area contributed by atoms with E-state index in [1.54, 1.807) is 13.1 Å². The molecule has 126 valence electrons. The monoisotopic (exact) mass is 331 g/mol. The summed E-state index contributed by atoms with van der Waals surface area (Å²) in [5.41, 5.74) is 3.27. The van der Waals surface area contributed by atoms with Crippen molar-refractivity contribution < 1.29 is 13.9 Å². The summed E-state index contributed by atoms with van der Waals surface area (Å²) in [6.07, 6.45) is 2.77. The van der Waals surface area contributed by atoms with Gasteiger partial charge in [0.05, 0.1) is 18.0 Å². The highest BCUT2D eigenvalue weighted by Gasteiger charge is 2.18. The van der Waals surface area contributed by atoms with Crippen LogP contribution in [0, 0.1) is 18.6 Å². The Kier molecular flexibility index (Phi) is 4.59. The van der Waals surface area contributed by atoms with Crippen LogP contribution in [-0.4, -0.2) is 20.5 Å². The first kappa shape index (κ1) is 16.5. The Morgan fingerprint density at radius 1 is 1.25 bits per heavy atom. The van der Waals surface area contributed by atoms with E-state index in [1.165, 1.54) is 6.07 Å². The predicted molar refractivity (Wildman–Crippen MR) is 87.5 cm³/mol. The summed E-state index contributed by atoms with van der Waals surface area (Å²) in [5.74, 6) is -1.89. The number of halogens is 2. The zero-order chi connectivity index (χ0) is 17.3. The normalized spacial score (nSPS) is 14.0. The second kappa shape index (κ2) is 6.67. The standard InChI is InChI=1S/C18H19F2N3O/c1-11-4-3-7-23-14(10-22-18(11)23)9-21-12(2)17(24)13-5-6-15(19)16(20)8-13/h3-8,10,12,17,21,24H,9H2,1-2H3. The van der Waals surface area contributed by atoms with Gasteiger partial charge < -0.3 is 14.8 Å². The molecular weight excluding hydrogens is 312 g/mol. The highest BCUT2D eigenvalue weighted by atomic mass is 19.2. The molecule has 3 rings (SSSR count). The lowest BCUT2D eigenvalue weighted by atomic mass is 10.0. The van der Waals surface area contributed by atoms with E-state index in [9.17, 15) is 13.9 Å². The van der Waals surface area contributed by atoms with E-state index in [2.05, 4.69) is 10.3 Å². The average Bonchev–Trinajstić information content (AvgIpc) is 2.99. The summed E-state index contributed by atoms with van der Waals surface area (Å²) in [7, 11) is 0. The van der Waals surface area contributed by atoms with Crippen molar-refractivity contribution in [3.05, 3.63) is 71.2 Å². The number of benzene rings is 1. The zero-order valence-electron chi connectivity index (χ0n) is 13.5. The number of hydrogen-bond donors (Lipinski definition) is 2. The zero-order valence-corrected chi connectivity index (χ0v) is 13.5. The Morgan fingerprint density at radius 3 is 2.79 bits per heavy atom. The van der Waals surface area contributed by atoms with Crippen molar-refractivity contribution in [1.29, 1.82) is 0 Å². The first-order valence-electron chi connectivity index (χ1n) is 7.75. The Hall–Kier alpha value is -2.31. The molecule has 1 aromatic carbocycles. The van der Waals surface area contributed by atoms with Crippen LogP contribution in [-0.2, 0) is 6.54 Å². The molecule has 6 heteroatoms. The summed E-state index contributed by atoms with van der Waals surface area (Å²) in [5, 5.41) is 13.5. The predicted octanol–water partition coefficient (Wildman–Crippen LogP) is 3.13. The van der Waals surface area contributed by atoms with E-state index in [-0.39, 0.29) is 6.04 Å². The number of aromatic nitrogens is 2. The molecule has 0 bridgehead atoms. The summed E-state index contributed by atoms with van der Waals surface area (Å²) in [6, 6.07) is 7.04. The minimum atomic E-state index is -0.962. The molecule has 0 radical (unpaired) electrons.